The fourth-order valence-corrected chi connectivity index (χ4v) is 2.29. The molecule has 0 unspecified atom stereocenters. The molecule has 14 heavy (non-hydrogen) atoms. The molecule has 0 atom stereocenters. The van der Waals surface area contributed by atoms with Gasteiger partial charge in [-0.3, -0.25) is 0 Å². The second-order valence-corrected chi connectivity index (χ2v) is 4.90. The Morgan fingerprint density at radius 3 is 2.43 bits per heavy atom. The van der Waals surface area contributed by atoms with Crippen LogP contribution in [0.3, 0.4) is 0 Å². The van der Waals surface area contributed by atoms with Crippen LogP contribution in [-0.2, 0) is 5.41 Å². The first-order valence-corrected chi connectivity index (χ1v) is 5.39. The smallest absolute Gasteiger partial charge is 0.206 e. The van der Waals surface area contributed by atoms with E-state index in [1.165, 1.54) is 0 Å². The van der Waals surface area contributed by atoms with Gasteiger partial charge in [-0.1, -0.05) is 28.1 Å². The molecule has 0 heterocycles. The van der Waals surface area contributed by atoms with Crippen molar-refractivity contribution < 1.29 is 8.78 Å². The predicted molar refractivity (Wildman–Crippen MR) is 55.7 cm³/mol. The van der Waals surface area contributed by atoms with Gasteiger partial charge >= 0.3 is 0 Å². The van der Waals surface area contributed by atoms with Crippen LogP contribution in [-0.4, -0.2) is 5.92 Å². The molecule has 0 N–H and O–H groups in total. The minimum Gasteiger partial charge on any atom is -0.206 e. The minimum absolute atomic E-state index is 0.590. The fraction of sp³-hybridized carbons (Fsp3) is 0.455. The molecule has 0 spiro atoms. The molecule has 1 aromatic carbocycles. The zero-order chi connectivity index (χ0) is 10.4. The van der Waals surface area contributed by atoms with Crippen LogP contribution in [0.4, 0.5) is 8.78 Å². The molecule has 2 rings (SSSR count). The largest absolute Gasteiger partial charge is 0.254 e. The highest BCUT2D eigenvalue weighted by molar-refractivity contribution is 9.10. The third-order valence-corrected chi connectivity index (χ3v) is 3.46. The molecule has 0 nitrogen and oxygen atoms in total. The predicted octanol–water partition coefficient (Wildman–Crippen LogP) is 4.14. The van der Waals surface area contributed by atoms with Crippen LogP contribution in [0, 0.1) is 0 Å². The molecule has 0 amide bonds. The van der Waals surface area contributed by atoms with E-state index in [9.17, 15) is 8.78 Å². The molecule has 76 valence electrons. The summed E-state index contributed by atoms with van der Waals surface area (Å²) in [6, 6.07) is 7.25. The lowest BCUT2D eigenvalue weighted by atomic mass is 9.90. The monoisotopic (exact) mass is 260 g/mol. The Morgan fingerprint density at radius 2 is 2.00 bits per heavy atom. The molecule has 0 radical (unpaired) electrons. The number of benzene rings is 1. The third kappa shape index (κ3) is 1.48. The summed E-state index contributed by atoms with van der Waals surface area (Å²) in [6.07, 6.45) is 1.18. The maximum Gasteiger partial charge on any atom is 0.254 e. The number of alkyl halides is 2. The van der Waals surface area contributed by atoms with E-state index in [4.69, 9.17) is 0 Å². The zero-order valence-corrected chi connectivity index (χ0v) is 9.44. The van der Waals surface area contributed by atoms with E-state index >= 15 is 0 Å². The van der Waals surface area contributed by atoms with Gasteiger partial charge in [0.15, 0.2) is 0 Å². The summed E-state index contributed by atoms with van der Waals surface area (Å²) in [6.45, 7) is 1.01. The van der Waals surface area contributed by atoms with E-state index in [1.807, 2.05) is 12.1 Å². The van der Waals surface area contributed by atoms with Crippen LogP contribution in [0.5, 0.6) is 0 Å². The molecular weight excluding hydrogens is 250 g/mol. The molecule has 1 aromatic rings. The molecule has 1 saturated carbocycles. The van der Waals surface area contributed by atoms with Crippen molar-refractivity contribution in [3.63, 3.8) is 0 Å². The molecule has 0 aliphatic heterocycles. The van der Waals surface area contributed by atoms with Crippen LogP contribution in [0.2, 0.25) is 0 Å². The summed E-state index contributed by atoms with van der Waals surface area (Å²) < 4.78 is 27.6. The fourth-order valence-electron chi connectivity index (χ4n) is 1.89. The summed E-state index contributed by atoms with van der Waals surface area (Å²) in [5, 5.41) is 0. The Labute approximate surface area is 90.4 Å². The maximum atomic E-state index is 13.4. The van der Waals surface area contributed by atoms with E-state index in [1.54, 1.807) is 12.1 Å². The van der Waals surface area contributed by atoms with Gasteiger partial charge in [-0.15, -0.1) is 0 Å². The highest BCUT2D eigenvalue weighted by Crippen LogP contribution is 2.58. The summed E-state index contributed by atoms with van der Waals surface area (Å²) in [5.41, 5.74) is -0.143. The van der Waals surface area contributed by atoms with Crippen molar-refractivity contribution in [1.82, 2.24) is 0 Å². The quantitative estimate of drug-likeness (QED) is 0.750. The lowest BCUT2D eigenvalue weighted by Gasteiger charge is -2.23. The Balaban J connectivity index is 2.41. The minimum atomic E-state index is -2.62. The topological polar surface area (TPSA) is 0 Å². The summed E-state index contributed by atoms with van der Waals surface area (Å²) in [5.74, 6) is -2.62. The summed E-state index contributed by atoms with van der Waals surface area (Å²) in [4.78, 5) is 0. The van der Waals surface area contributed by atoms with Gasteiger partial charge in [-0.2, -0.15) is 0 Å². The average Bonchev–Trinajstić information content (AvgIpc) is 2.82. The molecule has 3 heteroatoms. The highest BCUT2D eigenvalue weighted by Gasteiger charge is 2.59. The van der Waals surface area contributed by atoms with Gasteiger partial charge in [0, 0.05) is 11.4 Å². The van der Waals surface area contributed by atoms with E-state index in [0.717, 1.165) is 17.0 Å². The molecule has 0 saturated heterocycles. The molecule has 0 aromatic heterocycles. The van der Waals surface area contributed by atoms with Crippen LogP contribution in [0.15, 0.2) is 28.7 Å². The van der Waals surface area contributed by atoms with Crippen LogP contribution in [0.1, 0.15) is 25.3 Å². The first-order chi connectivity index (χ1) is 6.46. The van der Waals surface area contributed by atoms with Crippen molar-refractivity contribution >= 4 is 15.9 Å². The van der Waals surface area contributed by atoms with Gasteiger partial charge in [-0.25, -0.2) is 8.78 Å². The van der Waals surface area contributed by atoms with Crippen molar-refractivity contribution in [2.45, 2.75) is 31.1 Å². The third-order valence-electron chi connectivity index (χ3n) is 2.97. The SMILES string of the molecule is CC(F)(F)C1(c2cccc(Br)c2)CC1. The summed E-state index contributed by atoms with van der Waals surface area (Å²) >= 11 is 3.30. The molecule has 1 fully saturated rings. The van der Waals surface area contributed by atoms with Crippen molar-refractivity contribution in [2.75, 3.05) is 0 Å². The normalized spacial score (nSPS) is 19.4. The van der Waals surface area contributed by atoms with E-state index in [0.29, 0.717) is 12.8 Å². The molecular formula is C11H11BrF2. The van der Waals surface area contributed by atoms with Crippen LogP contribution < -0.4 is 0 Å². The second-order valence-electron chi connectivity index (χ2n) is 3.98. The zero-order valence-electron chi connectivity index (χ0n) is 7.86. The standard InChI is InChI=1S/C11H11BrF2/c1-10(13,14)11(5-6-11)8-3-2-4-9(12)7-8/h2-4,7H,5-6H2,1H3. The maximum absolute atomic E-state index is 13.4. The molecule has 1 aliphatic carbocycles. The second kappa shape index (κ2) is 3.02. The number of halogens is 3. The molecule has 0 bridgehead atoms. The van der Waals surface area contributed by atoms with E-state index < -0.39 is 11.3 Å². The number of hydrogen-bond donors (Lipinski definition) is 0. The lowest BCUT2D eigenvalue weighted by Crippen LogP contribution is -2.29. The van der Waals surface area contributed by atoms with Crippen molar-refractivity contribution in [1.29, 1.82) is 0 Å². The van der Waals surface area contributed by atoms with Crippen molar-refractivity contribution in [3.05, 3.63) is 34.3 Å². The van der Waals surface area contributed by atoms with Gasteiger partial charge in [0.25, 0.3) is 5.92 Å². The first kappa shape index (κ1) is 10.1. The van der Waals surface area contributed by atoms with Gasteiger partial charge in [0.1, 0.15) is 0 Å². The van der Waals surface area contributed by atoms with Crippen molar-refractivity contribution in [2.24, 2.45) is 0 Å². The molecule has 1 aliphatic rings. The van der Waals surface area contributed by atoms with Gasteiger partial charge in [-0.05, 0) is 30.5 Å². The Morgan fingerprint density at radius 1 is 1.36 bits per heavy atom. The van der Waals surface area contributed by atoms with Gasteiger partial charge in [0.2, 0.25) is 0 Å². The van der Waals surface area contributed by atoms with Crippen molar-refractivity contribution in [3.8, 4) is 0 Å². The van der Waals surface area contributed by atoms with Crippen LogP contribution in [0.25, 0.3) is 0 Å². The number of hydrogen-bond acceptors (Lipinski definition) is 0. The Bertz CT molecular complexity index is 351. The Hall–Kier alpha value is -0.440. The Kier molecular flexibility index (Phi) is 2.18. The van der Waals surface area contributed by atoms with Gasteiger partial charge < -0.3 is 0 Å². The van der Waals surface area contributed by atoms with E-state index in [-0.39, 0.29) is 0 Å². The highest BCUT2D eigenvalue weighted by atomic mass is 79.9. The van der Waals surface area contributed by atoms with Crippen LogP contribution >= 0.6 is 15.9 Å². The number of rotatable bonds is 2. The summed E-state index contributed by atoms with van der Waals surface area (Å²) in [7, 11) is 0. The van der Waals surface area contributed by atoms with E-state index in [2.05, 4.69) is 15.9 Å². The average molecular weight is 261 g/mol. The first-order valence-electron chi connectivity index (χ1n) is 4.60. The van der Waals surface area contributed by atoms with Gasteiger partial charge in [0.05, 0.1) is 5.41 Å². The lowest BCUT2D eigenvalue weighted by molar-refractivity contribution is -0.0200.